The first-order chi connectivity index (χ1) is 6.24. The molecule has 76 valence electrons. The van der Waals surface area contributed by atoms with E-state index >= 15 is 0 Å². The average molecular weight is 202 g/mol. The lowest BCUT2D eigenvalue weighted by atomic mass is 10.00. The maximum Gasteiger partial charge on any atom is 0.0987 e. The summed E-state index contributed by atoms with van der Waals surface area (Å²) in [7, 11) is -0.600. The van der Waals surface area contributed by atoms with Gasteiger partial charge in [-0.3, -0.25) is 4.21 Å². The standard InChI is InChI=1S/C10H18O2S/c1-3-6-12-9(2)10-5-4-7-13(11)8-10/h3,6,9-10H,4-5,7-8H2,1-2H3/b6-3+. The van der Waals surface area contributed by atoms with E-state index in [1.165, 1.54) is 0 Å². The van der Waals surface area contributed by atoms with Gasteiger partial charge in [-0.15, -0.1) is 0 Å². The highest BCUT2D eigenvalue weighted by Crippen LogP contribution is 2.21. The van der Waals surface area contributed by atoms with Crippen LogP contribution in [0, 0.1) is 5.92 Å². The monoisotopic (exact) mass is 202 g/mol. The van der Waals surface area contributed by atoms with Crippen LogP contribution in [0.5, 0.6) is 0 Å². The van der Waals surface area contributed by atoms with Crippen molar-refractivity contribution in [3.8, 4) is 0 Å². The van der Waals surface area contributed by atoms with Crippen molar-refractivity contribution in [2.24, 2.45) is 5.92 Å². The van der Waals surface area contributed by atoms with E-state index in [2.05, 4.69) is 6.92 Å². The maximum absolute atomic E-state index is 11.3. The van der Waals surface area contributed by atoms with Gasteiger partial charge in [0.1, 0.15) is 0 Å². The zero-order valence-electron chi connectivity index (χ0n) is 8.36. The molecule has 0 aliphatic carbocycles. The average Bonchev–Trinajstić information content (AvgIpc) is 2.14. The summed E-state index contributed by atoms with van der Waals surface area (Å²) in [5.74, 6) is 2.18. The molecule has 3 atom stereocenters. The fourth-order valence-electron chi connectivity index (χ4n) is 1.60. The van der Waals surface area contributed by atoms with Crippen molar-refractivity contribution in [2.75, 3.05) is 11.5 Å². The third kappa shape index (κ3) is 3.51. The summed E-state index contributed by atoms with van der Waals surface area (Å²) >= 11 is 0. The molecular formula is C10H18O2S. The topological polar surface area (TPSA) is 26.3 Å². The Hall–Kier alpha value is -0.310. The maximum atomic E-state index is 11.3. The SMILES string of the molecule is C/C=C/OC(C)C1CCCS(=O)C1. The molecule has 1 aliphatic heterocycles. The molecule has 1 fully saturated rings. The van der Waals surface area contributed by atoms with E-state index < -0.39 is 10.8 Å². The molecule has 1 aliphatic rings. The molecule has 0 saturated carbocycles. The van der Waals surface area contributed by atoms with Gasteiger partial charge in [0, 0.05) is 28.2 Å². The molecule has 0 radical (unpaired) electrons. The summed E-state index contributed by atoms with van der Waals surface area (Å²) in [5.41, 5.74) is 0. The second-order valence-electron chi connectivity index (χ2n) is 3.52. The van der Waals surface area contributed by atoms with Gasteiger partial charge in [0.15, 0.2) is 0 Å². The summed E-state index contributed by atoms with van der Waals surface area (Å²) in [5, 5.41) is 0. The predicted octanol–water partition coefficient (Wildman–Crippen LogP) is 2.08. The minimum Gasteiger partial charge on any atom is -0.498 e. The van der Waals surface area contributed by atoms with Gasteiger partial charge >= 0.3 is 0 Å². The highest BCUT2D eigenvalue weighted by Gasteiger charge is 2.24. The Morgan fingerprint density at radius 3 is 3.00 bits per heavy atom. The van der Waals surface area contributed by atoms with Crippen LogP contribution >= 0.6 is 0 Å². The molecule has 0 aromatic rings. The minimum atomic E-state index is -0.600. The predicted molar refractivity (Wildman–Crippen MR) is 56.0 cm³/mol. The first kappa shape index (κ1) is 10.8. The van der Waals surface area contributed by atoms with Crippen LogP contribution in [0.2, 0.25) is 0 Å². The van der Waals surface area contributed by atoms with E-state index in [0.717, 1.165) is 24.3 Å². The summed E-state index contributed by atoms with van der Waals surface area (Å²) in [6.07, 6.45) is 6.06. The molecule has 3 heteroatoms. The van der Waals surface area contributed by atoms with Crippen LogP contribution in [0.25, 0.3) is 0 Å². The van der Waals surface area contributed by atoms with Crippen LogP contribution in [-0.2, 0) is 15.5 Å². The largest absolute Gasteiger partial charge is 0.498 e. The smallest absolute Gasteiger partial charge is 0.0987 e. The van der Waals surface area contributed by atoms with Crippen LogP contribution in [0.3, 0.4) is 0 Å². The van der Waals surface area contributed by atoms with Crippen LogP contribution in [-0.4, -0.2) is 21.8 Å². The normalized spacial score (nSPS) is 31.8. The Kier molecular flexibility index (Phi) is 4.50. The summed E-state index contributed by atoms with van der Waals surface area (Å²) < 4.78 is 16.8. The van der Waals surface area contributed by atoms with Crippen molar-refractivity contribution < 1.29 is 8.95 Å². The number of ether oxygens (including phenoxy) is 1. The summed E-state index contributed by atoms with van der Waals surface area (Å²) in [6.45, 7) is 4.00. The molecule has 1 heterocycles. The van der Waals surface area contributed by atoms with Gasteiger partial charge in [0.05, 0.1) is 12.4 Å². The van der Waals surface area contributed by atoms with Crippen LogP contribution < -0.4 is 0 Å². The molecule has 1 rings (SSSR count). The first-order valence-electron chi connectivity index (χ1n) is 4.85. The third-order valence-electron chi connectivity index (χ3n) is 2.44. The van der Waals surface area contributed by atoms with Gasteiger partial charge < -0.3 is 4.74 Å². The number of hydrogen-bond acceptors (Lipinski definition) is 2. The highest BCUT2D eigenvalue weighted by atomic mass is 32.2. The van der Waals surface area contributed by atoms with Crippen LogP contribution in [0.4, 0.5) is 0 Å². The lowest BCUT2D eigenvalue weighted by Crippen LogP contribution is -2.29. The van der Waals surface area contributed by atoms with Gasteiger partial charge in [-0.05, 0) is 26.7 Å². The molecule has 13 heavy (non-hydrogen) atoms. The van der Waals surface area contributed by atoms with E-state index in [9.17, 15) is 4.21 Å². The Labute approximate surface area is 82.8 Å². The van der Waals surface area contributed by atoms with E-state index in [4.69, 9.17) is 4.74 Å². The first-order valence-corrected chi connectivity index (χ1v) is 6.34. The summed E-state index contributed by atoms with van der Waals surface area (Å²) in [4.78, 5) is 0. The van der Waals surface area contributed by atoms with E-state index in [0.29, 0.717) is 5.92 Å². The molecule has 0 aromatic heterocycles. The third-order valence-corrected chi connectivity index (χ3v) is 3.98. The Morgan fingerprint density at radius 2 is 2.38 bits per heavy atom. The Bertz CT molecular complexity index is 201. The van der Waals surface area contributed by atoms with Gasteiger partial charge in [-0.25, -0.2) is 0 Å². The fourth-order valence-corrected chi connectivity index (χ4v) is 3.17. The van der Waals surface area contributed by atoms with Gasteiger partial charge in [0.25, 0.3) is 0 Å². The summed E-state index contributed by atoms with van der Waals surface area (Å²) in [6, 6.07) is 0. The van der Waals surface area contributed by atoms with Crippen LogP contribution in [0.15, 0.2) is 12.3 Å². The van der Waals surface area contributed by atoms with Gasteiger partial charge in [-0.2, -0.15) is 0 Å². The van der Waals surface area contributed by atoms with Crippen molar-refractivity contribution in [1.29, 1.82) is 0 Å². The van der Waals surface area contributed by atoms with E-state index in [1.807, 2.05) is 13.0 Å². The lowest BCUT2D eigenvalue weighted by molar-refractivity contribution is 0.105. The second-order valence-corrected chi connectivity index (χ2v) is 5.14. The Morgan fingerprint density at radius 1 is 1.62 bits per heavy atom. The van der Waals surface area contributed by atoms with Crippen molar-refractivity contribution in [1.82, 2.24) is 0 Å². The molecule has 0 N–H and O–H groups in total. The van der Waals surface area contributed by atoms with Crippen LogP contribution in [0.1, 0.15) is 26.7 Å². The Balaban J connectivity index is 2.36. The molecule has 3 unspecified atom stereocenters. The quantitative estimate of drug-likeness (QED) is 0.655. The lowest BCUT2D eigenvalue weighted by Gasteiger charge is -2.26. The second kappa shape index (κ2) is 5.43. The molecule has 0 amide bonds. The fraction of sp³-hybridized carbons (Fsp3) is 0.800. The van der Waals surface area contributed by atoms with Crippen molar-refractivity contribution >= 4 is 10.8 Å². The molecule has 1 saturated heterocycles. The minimum absolute atomic E-state index is 0.209. The van der Waals surface area contributed by atoms with E-state index in [-0.39, 0.29) is 6.10 Å². The number of allylic oxidation sites excluding steroid dienone is 1. The van der Waals surface area contributed by atoms with Gasteiger partial charge in [0.2, 0.25) is 0 Å². The zero-order valence-corrected chi connectivity index (χ0v) is 9.18. The van der Waals surface area contributed by atoms with Crippen molar-refractivity contribution in [3.05, 3.63) is 12.3 Å². The molecule has 0 spiro atoms. The molecule has 2 nitrogen and oxygen atoms in total. The highest BCUT2D eigenvalue weighted by molar-refractivity contribution is 7.85. The molecule has 0 bridgehead atoms. The molecular weight excluding hydrogens is 184 g/mol. The van der Waals surface area contributed by atoms with E-state index in [1.54, 1.807) is 6.26 Å². The zero-order chi connectivity index (χ0) is 9.68. The van der Waals surface area contributed by atoms with Crippen molar-refractivity contribution in [2.45, 2.75) is 32.8 Å². The van der Waals surface area contributed by atoms with Crippen molar-refractivity contribution in [3.63, 3.8) is 0 Å². The van der Waals surface area contributed by atoms with Gasteiger partial charge in [-0.1, -0.05) is 6.08 Å². The number of rotatable bonds is 3. The number of hydrogen-bond donors (Lipinski definition) is 0. The molecule has 0 aromatic carbocycles.